The van der Waals surface area contributed by atoms with E-state index in [-0.39, 0.29) is 23.4 Å². The van der Waals surface area contributed by atoms with Crippen molar-refractivity contribution >= 4 is 38.6 Å². The maximum absolute atomic E-state index is 13.7. The largest absolute Gasteiger partial charge is 0.441 e. The summed E-state index contributed by atoms with van der Waals surface area (Å²) in [5.41, 5.74) is 1.82. The molecular weight excluding hydrogens is 445 g/mol. The summed E-state index contributed by atoms with van der Waals surface area (Å²) in [6, 6.07) is 5.82. The van der Waals surface area contributed by atoms with E-state index in [2.05, 4.69) is 49.0 Å². The average molecular weight is 463 g/mol. The number of hydrogen-bond acceptors (Lipinski definition) is 5. The first kappa shape index (κ1) is 20.3. The summed E-state index contributed by atoms with van der Waals surface area (Å²) in [5, 5.41) is 12.5. The van der Waals surface area contributed by atoms with Gasteiger partial charge in [-0.2, -0.15) is 0 Å². The van der Waals surface area contributed by atoms with Crippen LogP contribution in [0.2, 0.25) is 0 Å². The first-order valence-corrected chi connectivity index (χ1v) is 9.29. The van der Waals surface area contributed by atoms with E-state index in [1.165, 1.54) is 4.88 Å². The maximum atomic E-state index is 13.7. The molecule has 0 aliphatic rings. The molecular formula is C16H18BrCrFN5S-. The van der Waals surface area contributed by atoms with E-state index < -0.39 is 6.17 Å². The van der Waals surface area contributed by atoms with Gasteiger partial charge in [-0.1, -0.05) is 6.07 Å². The molecule has 0 aliphatic carbocycles. The van der Waals surface area contributed by atoms with Crippen molar-refractivity contribution in [1.29, 1.82) is 0 Å². The van der Waals surface area contributed by atoms with Crippen LogP contribution in [0.4, 0.5) is 10.2 Å². The van der Waals surface area contributed by atoms with Crippen LogP contribution >= 0.6 is 27.3 Å². The number of halogens is 2. The Labute approximate surface area is 169 Å². The van der Waals surface area contributed by atoms with Crippen LogP contribution in [0.1, 0.15) is 17.4 Å². The zero-order valence-electron chi connectivity index (χ0n) is 13.8. The van der Waals surface area contributed by atoms with Gasteiger partial charge in [0, 0.05) is 40.3 Å². The molecule has 3 aromatic rings. The Morgan fingerprint density at radius 2 is 2.28 bits per heavy atom. The Kier molecular flexibility index (Phi) is 7.40. The van der Waals surface area contributed by atoms with Crippen molar-refractivity contribution in [1.82, 2.24) is 19.9 Å². The topological polar surface area (TPSA) is 54.2 Å². The molecule has 3 heterocycles. The second-order valence-electron chi connectivity index (χ2n) is 5.53. The van der Waals surface area contributed by atoms with Gasteiger partial charge in [-0.05, 0) is 71.5 Å². The first-order valence-electron chi connectivity index (χ1n) is 7.62. The smallest absolute Gasteiger partial charge is 0.113 e. The van der Waals surface area contributed by atoms with Crippen molar-refractivity contribution in [2.75, 3.05) is 12.4 Å². The molecule has 134 valence electrons. The normalized spacial score (nSPS) is 13.4. The van der Waals surface area contributed by atoms with E-state index in [0.717, 1.165) is 15.7 Å². The Hall–Kier alpha value is -0.978. The summed E-state index contributed by atoms with van der Waals surface area (Å²) in [7, 11) is 1.77. The molecule has 0 aliphatic heterocycles. The summed E-state index contributed by atoms with van der Waals surface area (Å²) in [4.78, 5) is 5.44. The van der Waals surface area contributed by atoms with Gasteiger partial charge in [0.1, 0.15) is 10.8 Å². The van der Waals surface area contributed by atoms with E-state index >= 15 is 0 Å². The number of rotatable bonds is 7. The van der Waals surface area contributed by atoms with E-state index in [1.54, 1.807) is 29.8 Å². The molecule has 0 aromatic carbocycles. The molecule has 1 unspecified atom stereocenters. The monoisotopic (exact) mass is 462 g/mol. The molecule has 0 fully saturated rings. The minimum absolute atomic E-state index is 0. The van der Waals surface area contributed by atoms with Gasteiger partial charge in [0.2, 0.25) is 0 Å². The quantitative estimate of drug-likeness (QED) is 0.528. The molecule has 5 nitrogen and oxygen atoms in total. The number of hydrogen-bond donors (Lipinski definition) is 2. The summed E-state index contributed by atoms with van der Waals surface area (Å²) < 4.78 is 16.2. The third kappa shape index (κ3) is 4.60. The molecule has 3 aromatic heterocycles. The Balaban J connectivity index is 0.00000225. The molecule has 0 amide bonds. The predicted molar refractivity (Wildman–Crippen MR) is 98.3 cm³/mol. The molecule has 3 rings (SSSR count). The Morgan fingerprint density at radius 1 is 1.48 bits per heavy atom. The maximum Gasteiger partial charge on any atom is 0.113 e. The fraction of sp³-hybridized carbons (Fsp3) is 0.375. The molecule has 0 spiro atoms. The van der Waals surface area contributed by atoms with E-state index in [4.69, 9.17) is 0 Å². The van der Waals surface area contributed by atoms with Gasteiger partial charge < -0.3 is 15.6 Å². The summed E-state index contributed by atoms with van der Waals surface area (Å²) in [5.74, 6) is 0.708. The fourth-order valence-corrected chi connectivity index (χ4v) is 3.75. The number of alkyl halides is 1. The number of nitrogens with zero attached hydrogens (tertiary/aromatic N) is 3. The number of aromatic nitrogens is 3. The van der Waals surface area contributed by atoms with Crippen LogP contribution in [0.15, 0.2) is 28.2 Å². The van der Waals surface area contributed by atoms with Crippen LogP contribution in [0, 0.1) is 6.33 Å². The molecule has 0 bridgehead atoms. The summed E-state index contributed by atoms with van der Waals surface area (Å²) in [6.07, 6.45) is 2.28. The van der Waals surface area contributed by atoms with Crippen LogP contribution in [-0.4, -0.2) is 33.9 Å². The van der Waals surface area contributed by atoms with Crippen LogP contribution in [0.25, 0.3) is 5.52 Å². The standard InChI is InChI=1S/C16H18BrFN5S.Cr/c1-10(18)13(19-2)6-11-7-14-16(20-8-12-4-3-5-24-12)21-9-22-23(14)15(11)17;/h3-5,7,10,13,19H,6,8H2,1-2H3,(H,20,21,22);/q-1;/t10?,13-;/m1./s1. The molecule has 2 N–H and O–H groups in total. The van der Waals surface area contributed by atoms with Crippen LogP contribution < -0.4 is 10.6 Å². The number of thiophene rings is 1. The van der Waals surface area contributed by atoms with Crippen molar-refractivity contribution in [3.63, 3.8) is 0 Å². The van der Waals surface area contributed by atoms with Gasteiger partial charge in [0.05, 0.1) is 0 Å². The van der Waals surface area contributed by atoms with Crippen molar-refractivity contribution in [2.45, 2.75) is 32.1 Å². The van der Waals surface area contributed by atoms with Crippen LogP contribution in [-0.2, 0) is 30.3 Å². The van der Waals surface area contributed by atoms with E-state index in [1.807, 2.05) is 17.5 Å². The molecule has 9 heteroatoms. The number of anilines is 1. The number of nitrogens with one attached hydrogen (secondary N) is 2. The van der Waals surface area contributed by atoms with Gasteiger partial charge in [0.25, 0.3) is 0 Å². The van der Waals surface area contributed by atoms with Crippen LogP contribution in [0.5, 0.6) is 0 Å². The molecule has 0 saturated carbocycles. The van der Waals surface area contributed by atoms with Gasteiger partial charge in [-0.15, -0.1) is 11.3 Å². The third-order valence-corrected chi connectivity index (χ3v) is 5.64. The van der Waals surface area contributed by atoms with Gasteiger partial charge in [-0.3, -0.25) is 9.61 Å². The predicted octanol–water partition coefficient (Wildman–Crippen LogP) is 3.45. The van der Waals surface area contributed by atoms with E-state index in [0.29, 0.717) is 18.8 Å². The fourth-order valence-electron chi connectivity index (χ4n) is 2.56. The van der Waals surface area contributed by atoms with Crippen molar-refractivity contribution in [2.24, 2.45) is 0 Å². The molecule has 2 atom stereocenters. The van der Waals surface area contributed by atoms with Crippen molar-refractivity contribution < 1.29 is 21.8 Å². The minimum atomic E-state index is -0.945. The van der Waals surface area contributed by atoms with Crippen LogP contribution in [0.3, 0.4) is 0 Å². The molecule has 0 saturated heterocycles. The van der Waals surface area contributed by atoms with Gasteiger partial charge in [-0.25, -0.2) is 4.39 Å². The molecule has 25 heavy (non-hydrogen) atoms. The summed E-state index contributed by atoms with van der Waals surface area (Å²) >= 11 is 5.25. The average Bonchev–Trinajstić information content (AvgIpc) is 3.19. The minimum Gasteiger partial charge on any atom is -0.441 e. The van der Waals surface area contributed by atoms with Crippen molar-refractivity contribution in [3.05, 3.63) is 45.0 Å². The van der Waals surface area contributed by atoms with Gasteiger partial charge >= 0.3 is 0 Å². The number of fused-ring (bicyclic) bond motifs is 1. The third-order valence-electron chi connectivity index (χ3n) is 3.91. The second-order valence-corrected chi connectivity index (χ2v) is 7.31. The zero-order valence-corrected chi connectivity index (χ0v) is 17.5. The Bertz CT molecular complexity index is 808. The zero-order chi connectivity index (χ0) is 17.1. The summed E-state index contributed by atoms with van der Waals surface area (Å²) in [6.45, 7) is 2.25. The van der Waals surface area contributed by atoms with Crippen molar-refractivity contribution in [3.8, 4) is 0 Å². The van der Waals surface area contributed by atoms with Gasteiger partial charge in [0.15, 0.2) is 0 Å². The van der Waals surface area contributed by atoms with E-state index in [9.17, 15) is 4.39 Å². The molecule has 0 radical (unpaired) electrons. The Morgan fingerprint density at radius 3 is 2.92 bits per heavy atom. The second kappa shape index (κ2) is 9.10. The number of likely N-dealkylation sites (N-methyl/N-ethyl adjacent to an activating group) is 1. The first-order chi connectivity index (χ1) is 11.6. The SMILES string of the molecule is CN[C@H](Cc1cc2c(NCc3cccs3)n[c-]nn2c1Br)C(C)F.[Cr].